The summed E-state index contributed by atoms with van der Waals surface area (Å²) in [6.07, 6.45) is 7.51. The van der Waals surface area contributed by atoms with Gasteiger partial charge in [-0.2, -0.15) is 0 Å². The minimum Gasteiger partial charge on any atom is -0.453 e. The molecule has 4 rings (SSSR count). The van der Waals surface area contributed by atoms with Crippen LogP contribution in [0.3, 0.4) is 0 Å². The van der Waals surface area contributed by atoms with Crippen molar-refractivity contribution in [3.8, 4) is 0 Å². The molecule has 4 aromatic rings. The molecule has 0 aliphatic rings. The van der Waals surface area contributed by atoms with E-state index in [9.17, 15) is 24.0 Å². The molecule has 0 saturated carbocycles. The van der Waals surface area contributed by atoms with Crippen LogP contribution in [-0.4, -0.2) is 29.1 Å². The zero-order valence-corrected chi connectivity index (χ0v) is 28.2. The minimum atomic E-state index is -0.637. The first-order valence-electron chi connectivity index (χ1n) is 15.7. The average Bonchev–Trinajstić information content (AvgIpc) is 3.06. The van der Waals surface area contributed by atoms with Gasteiger partial charge in [0, 0.05) is 12.8 Å². The molecule has 4 aromatic carbocycles. The van der Waals surface area contributed by atoms with Gasteiger partial charge in [-0.05, 0) is 56.0 Å². The van der Waals surface area contributed by atoms with Gasteiger partial charge in [-0.1, -0.05) is 140 Å². The molecule has 0 spiro atoms. The van der Waals surface area contributed by atoms with Gasteiger partial charge in [0.15, 0.2) is 0 Å². The van der Waals surface area contributed by atoms with E-state index < -0.39 is 5.92 Å². The van der Waals surface area contributed by atoms with Gasteiger partial charge in [0.05, 0.1) is 12.3 Å². The Bertz CT molecular complexity index is 1620. The number of carbonyl (C=O) groups excluding carboxylic acids is 5. The van der Waals surface area contributed by atoms with Gasteiger partial charge in [-0.3, -0.25) is 24.0 Å². The lowest BCUT2D eigenvalue weighted by Crippen LogP contribution is -2.26. The van der Waals surface area contributed by atoms with Gasteiger partial charge < -0.3 is 4.74 Å². The second kappa shape index (κ2) is 21.3. The van der Waals surface area contributed by atoms with Crippen LogP contribution >= 0.6 is 0 Å². The van der Waals surface area contributed by atoms with E-state index in [2.05, 4.69) is 0 Å². The van der Waals surface area contributed by atoms with Crippen LogP contribution in [0.25, 0.3) is 12.2 Å². The normalized spacial score (nSPS) is 11.8. The number of benzene rings is 4. The lowest BCUT2D eigenvalue weighted by atomic mass is 9.81. The van der Waals surface area contributed by atoms with Crippen molar-refractivity contribution < 1.29 is 28.7 Å². The van der Waals surface area contributed by atoms with Crippen LogP contribution in [0.1, 0.15) is 75.3 Å². The Kier molecular flexibility index (Phi) is 17.2. The monoisotopic (exact) mass is 644 g/mol. The third kappa shape index (κ3) is 15.2. The molecule has 0 radical (unpaired) electrons. The summed E-state index contributed by atoms with van der Waals surface area (Å²) in [6, 6.07) is 39.2. The average molecular weight is 645 g/mol. The number of hydrogen-bond donors (Lipinski definition) is 0. The van der Waals surface area contributed by atoms with Gasteiger partial charge in [-0.25, -0.2) is 0 Å². The van der Waals surface area contributed by atoms with Gasteiger partial charge in [-0.15, -0.1) is 0 Å². The quantitative estimate of drug-likeness (QED) is 0.113. The lowest BCUT2D eigenvalue weighted by Gasteiger charge is -2.20. The zero-order chi connectivity index (χ0) is 35.3. The van der Waals surface area contributed by atoms with Crippen molar-refractivity contribution in [2.45, 2.75) is 53.1 Å². The van der Waals surface area contributed by atoms with E-state index >= 15 is 0 Å². The maximum atomic E-state index is 12.0. The molecule has 0 heterocycles. The summed E-state index contributed by atoms with van der Waals surface area (Å²) in [7, 11) is 0. The smallest absolute Gasteiger partial charge is 0.303 e. The van der Waals surface area contributed by atoms with Crippen molar-refractivity contribution in [3.05, 3.63) is 156 Å². The number of ketones is 4. The number of Topliss-reactive ketones (excluding diaryl/α,β-unsaturated/α-hetero) is 4. The summed E-state index contributed by atoms with van der Waals surface area (Å²) in [5, 5.41) is 0. The fraction of sp³-hybridized carbons (Fsp3) is 0.214. The van der Waals surface area contributed by atoms with Crippen LogP contribution < -0.4 is 0 Å². The van der Waals surface area contributed by atoms with Crippen LogP contribution in [0.15, 0.2) is 133 Å². The van der Waals surface area contributed by atoms with Crippen LogP contribution in [0.5, 0.6) is 0 Å². The maximum absolute atomic E-state index is 12.0. The number of allylic oxidation sites excluding steroid dienone is 1. The second-order valence-electron chi connectivity index (χ2n) is 11.2. The Balaban J connectivity index is 0.000000281. The maximum Gasteiger partial charge on any atom is 0.303 e. The molecule has 0 fully saturated rings. The lowest BCUT2D eigenvalue weighted by molar-refractivity contribution is -0.144. The molecule has 2 unspecified atom stereocenters. The van der Waals surface area contributed by atoms with Crippen molar-refractivity contribution in [2.24, 2.45) is 5.92 Å². The Morgan fingerprint density at radius 1 is 0.521 bits per heavy atom. The van der Waals surface area contributed by atoms with Crippen molar-refractivity contribution in [3.63, 3.8) is 0 Å². The van der Waals surface area contributed by atoms with Crippen LogP contribution in [0.2, 0.25) is 0 Å². The molecule has 0 N–H and O–H groups in total. The Labute approximate surface area is 284 Å². The van der Waals surface area contributed by atoms with Crippen molar-refractivity contribution in [1.29, 1.82) is 0 Å². The highest BCUT2D eigenvalue weighted by molar-refractivity contribution is 6.01. The molecule has 0 aliphatic heterocycles. The predicted molar refractivity (Wildman–Crippen MR) is 192 cm³/mol. The Hall–Kier alpha value is -5.49. The van der Waals surface area contributed by atoms with Crippen molar-refractivity contribution in [2.75, 3.05) is 0 Å². The van der Waals surface area contributed by atoms with Gasteiger partial charge in [0.2, 0.25) is 0 Å². The number of ether oxygens (including phenoxy) is 1. The molecule has 0 saturated heterocycles. The van der Waals surface area contributed by atoms with Crippen LogP contribution in [0.4, 0.5) is 0 Å². The summed E-state index contributed by atoms with van der Waals surface area (Å²) >= 11 is 0. The van der Waals surface area contributed by atoms with Crippen molar-refractivity contribution in [1.82, 2.24) is 0 Å². The molecule has 6 nitrogen and oxygen atoms in total. The number of rotatable bonds is 12. The summed E-state index contributed by atoms with van der Waals surface area (Å²) in [6.45, 7) is 7.20. The highest BCUT2D eigenvalue weighted by Crippen LogP contribution is 2.29. The zero-order valence-electron chi connectivity index (χ0n) is 28.2. The molecule has 0 aliphatic carbocycles. The third-order valence-electron chi connectivity index (χ3n) is 6.90. The Morgan fingerprint density at radius 2 is 0.896 bits per heavy atom. The van der Waals surface area contributed by atoms with Crippen molar-refractivity contribution >= 4 is 41.3 Å². The Morgan fingerprint density at radius 3 is 1.25 bits per heavy atom. The second-order valence-corrected chi connectivity index (χ2v) is 11.2. The van der Waals surface area contributed by atoms with E-state index in [4.69, 9.17) is 4.74 Å². The van der Waals surface area contributed by atoms with Crippen LogP contribution in [0, 0.1) is 5.92 Å². The molecule has 0 amide bonds. The molecular formula is C42H44O6. The molecule has 6 heteroatoms. The number of esters is 1. The molecule has 0 bridgehead atoms. The molecule has 248 valence electrons. The molecule has 48 heavy (non-hydrogen) atoms. The summed E-state index contributed by atoms with van der Waals surface area (Å²) in [5.41, 5.74) is 4.07. The van der Waals surface area contributed by atoms with E-state index in [1.54, 1.807) is 0 Å². The van der Waals surface area contributed by atoms with Gasteiger partial charge in [0.1, 0.15) is 29.2 Å². The first kappa shape index (κ1) is 38.7. The van der Waals surface area contributed by atoms with Gasteiger partial charge in [0.25, 0.3) is 0 Å². The van der Waals surface area contributed by atoms with E-state index in [0.717, 1.165) is 22.3 Å². The SMILES string of the molecule is CC(=O)C(C(C)=O)C(/C=C/c1ccccc1)c1ccccc1.CC(=O)CC(C)=O.CC(=O)OC(/C=C/c1ccccc1)c1ccccc1. The van der Waals surface area contributed by atoms with E-state index in [1.807, 2.05) is 146 Å². The first-order chi connectivity index (χ1) is 23.0. The topological polar surface area (TPSA) is 94.6 Å². The number of carbonyl (C=O) groups is 5. The summed E-state index contributed by atoms with van der Waals surface area (Å²) in [5.74, 6) is -1.48. The highest BCUT2D eigenvalue weighted by atomic mass is 16.5. The third-order valence-corrected chi connectivity index (χ3v) is 6.90. The predicted octanol–water partition coefficient (Wildman–Crippen LogP) is 8.84. The largest absolute Gasteiger partial charge is 0.453 e. The van der Waals surface area contributed by atoms with E-state index in [-0.39, 0.29) is 47.5 Å². The molecule has 0 aromatic heterocycles. The summed E-state index contributed by atoms with van der Waals surface area (Å²) < 4.78 is 5.33. The number of hydrogen-bond acceptors (Lipinski definition) is 6. The fourth-order valence-electron chi connectivity index (χ4n) is 4.81. The molecule has 2 atom stereocenters. The van der Waals surface area contributed by atoms with Crippen LogP contribution in [-0.2, 0) is 28.7 Å². The first-order valence-corrected chi connectivity index (χ1v) is 15.7. The highest BCUT2D eigenvalue weighted by Gasteiger charge is 2.29. The fourth-order valence-corrected chi connectivity index (χ4v) is 4.81. The minimum absolute atomic E-state index is 0.0625. The molecular weight excluding hydrogens is 600 g/mol. The van der Waals surface area contributed by atoms with E-state index in [0.29, 0.717) is 0 Å². The van der Waals surface area contributed by atoms with Gasteiger partial charge >= 0.3 is 5.97 Å². The standard InChI is InChI=1S/C20H20O2.C17H16O2.C5H8O2/c1-15(21)20(16(2)22)19(18-11-7-4-8-12-18)14-13-17-9-5-3-6-10-17;1-14(18)19-17(16-10-6-3-7-11-16)13-12-15-8-4-2-5-9-15;1-4(6)3-5(2)7/h3-14,19-20H,1-2H3;2-13,17H,1H3;3H2,1-2H3/b14-13+;13-12+;. The summed E-state index contributed by atoms with van der Waals surface area (Å²) in [4.78, 5) is 55.2. The van der Waals surface area contributed by atoms with E-state index in [1.165, 1.54) is 34.6 Å².